The lowest BCUT2D eigenvalue weighted by atomic mass is 9.91. The zero-order chi connectivity index (χ0) is 10.5. The van der Waals surface area contributed by atoms with Crippen molar-refractivity contribution in [3.8, 4) is 0 Å². The van der Waals surface area contributed by atoms with Crippen LogP contribution >= 0.6 is 0 Å². The minimum Gasteiger partial charge on any atom is -0.381 e. The van der Waals surface area contributed by atoms with E-state index in [1.54, 1.807) is 0 Å². The first-order valence-electron chi connectivity index (χ1n) is 5.72. The number of nitrogens with zero attached hydrogens (tertiary/aromatic N) is 1. The average molecular weight is 209 g/mol. The zero-order valence-electron chi connectivity index (χ0n) is 9.20. The Labute approximate surface area is 90.4 Å². The Morgan fingerprint density at radius 3 is 3.00 bits per heavy atom. The lowest BCUT2D eigenvalue weighted by Gasteiger charge is -2.29. The molecule has 0 aromatic carbocycles. The van der Waals surface area contributed by atoms with E-state index in [4.69, 9.17) is 4.74 Å². The lowest BCUT2D eigenvalue weighted by Crippen LogP contribution is -2.32. The van der Waals surface area contributed by atoms with E-state index in [0.29, 0.717) is 12.0 Å². The Kier molecular flexibility index (Phi) is 3.75. The van der Waals surface area contributed by atoms with Crippen molar-refractivity contribution in [1.29, 1.82) is 0 Å². The molecular weight excluding hydrogens is 190 g/mol. The molecular formula is C11H19N3O. The van der Waals surface area contributed by atoms with Crippen molar-refractivity contribution in [2.75, 3.05) is 19.8 Å². The van der Waals surface area contributed by atoms with Gasteiger partial charge in [0.25, 0.3) is 0 Å². The second kappa shape index (κ2) is 5.28. The molecule has 1 aromatic rings. The first kappa shape index (κ1) is 10.6. The second-order valence-electron chi connectivity index (χ2n) is 3.96. The number of rotatable bonds is 4. The molecule has 0 radical (unpaired) electrons. The van der Waals surface area contributed by atoms with Crippen molar-refractivity contribution in [3.05, 3.63) is 18.2 Å². The SMILES string of the molecule is CCNC(c1ncc[nH]1)C1CCOCC1. The fourth-order valence-corrected chi connectivity index (χ4v) is 2.20. The Hall–Kier alpha value is -0.870. The molecule has 1 aliphatic heterocycles. The fourth-order valence-electron chi connectivity index (χ4n) is 2.20. The summed E-state index contributed by atoms with van der Waals surface area (Å²) in [6.07, 6.45) is 5.95. The molecule has 84 valence electrons. The van der Waals surface area contributed by atoms with Crippen LogP contribution in [0.3, 0.4) is 0 Å². The molecule has 1 saturated heterocycles. The molecule has 0 amide bonds. The van der Waals surface area contributed by atoms with Crippen molar-refractivity contribution >= 4 is 0 Å². The van der Waals surface area contributed by atoms with E-state index in [1.165, 1.54) is 0 Å². The Morgan fingerprint density at radius 1 is 1.60 bits per heavy atom. The van der Waals surface area contributed by atoms with Crippen LogP contribution in [0.2, 0.25) is 0 Å². The van der Waals surface area contributed by atoms with Crippen molar-refractivity contribution < 1.29 is 4.74 Å². The highest BCUT2D eigenvalue weighted by atomic mass is 16.5. The van der Waals surface area contributed by atoms with E-state index in [1.807, 2.05) is 12.4 Å². The monoisotopic (exact) mass is 209 g/mol. The van der Waals surface area contributed by atoms with E-state index in [9.17, 15) is 0 Å². The van der Waals surface area contributed by atoms with Gasteiger partial charge in [0.05, 0.1) is 6.04 Å². The normalized spacial score (nSPS) is 20.3. The van der Waals surface area contributed by atoms with Crippen molar-refractivity contribution in [1.82, 2.24) is 15.3 Å². The number of H-pyrrole nitrogens is 1. The predicted molar refractivity (Wildman–Crippen MR) is 58.5 cm³/mol. The van der Waals surface area contributed by atoms with Crippen LogP contribution < -0.4 is 5.32 Å². The molecule has 15 heavy (non-hydrogen) atoms. The van der Waals surface area contributed by atoms with Gasteiger partial charge in [0.1, 0.15) is 5.82 Å². The van der Waals surface area contributed by atoms with Crippen molar-refractivity contribution in [2.24, 2.45) is 5.92 Å². The molecule has 2 N–H and O–H groups in total. The zero-order valence-corrected chi connectivity index (χ0v) is 9.20. The number of hydrogen-bond donors (Lipinski definition) is 2. The van der Waals surface area contributed by atoms with Gasteiger partial charge in [-0.05, 0) is 25.3 Å². The van der Waals surface area contributed by atoms with Gasteiger partial charge in [0, 0.05) is 25.6 Å². The lowest BCUT2D eigenvalue weighted by molar-refractivity contribution is 0.0528. The number of hydrogen-bond acceptors (Lipinski definition) is 3. The van der Waals surface area contributed by atoms with Crippen LogP contribution in [0.5, 0.6) is 0 Å². The molecule has 1 unspecified atom stereocenters. The Balaban J connectivity index is 2.04. The molecule has 1 fully saturated rings. The molecule has 4 nitrogen and oxygen atoms in total. The summed E-state index contributed by atoms with van der Waals surface area (Å²) < 4.78 is 5.39. The quantitative estimate of drug-likeness (QED) is 0.790. The fraction of sp³-hybridized carbons (Fsp3) is 0.727. The summed E-state index contributed by atoms with van der Waals surface area (Å²) in [7, 11) is 0. The van der Waals surface area contributed by atoms with E-state index in [2.05, 4.69) is 22.2 Å². The molecule has 1 aliphatic rings. The van der Waals surface area contributed by atoms with Gasteiger partial charge < -0.3 is 15.0 Å². The first-order valence-corrected chi connectivity index (χ1v) is 5.72. The maximum atomic E-state index is 5.39. The van der Waals surface area contributed by atoms with Gasteiger partial charge in [-0.1, -0.05) is 6.92 Å². The van der Waals surface area contributed by atoms with Crippen LogP contribution in [-0.2, 0) is 4.74 Å². The third-order valence-corrected chi connectivity index (χ3v) is 2.98. The highest BCUT2D eigenvalue weighted by molar-refractivity contribution is 4.98. The molecule has 0 saturated carbocycles. The van der Waals surface area contributed by atoms with Crippen molar-refractivity contribution in [3.63, 3.8) is 0 Å². The van der Waals surface area contributed by atoms with E-state index in [-0.39, 0.29) is 0 Å². The molecule has 0 aliphatic carbocycles. The molecule has 1 atom stereocenters. The Morgan fingerprint density at radius 2 is 2.40 bits per heavy atom. The van der Waals surface area contributed by atoms with Crippen LogP contribution in [0, 0.1) is 5.92 Å². The third-order valence-electron chi connectivity index (χ3n) is 2.98. The number of aromatic amines is 1. The maximum absolute atomic E-state index is 5.39. The van der Waals surface area contributed by atoms with Gasteiger partial charge in [-0.3, -0.25) is 0 Å². The second-order valence-corrected chi connectivity index (χ2v) is 3.96. The number of nitrogens with one attached hydrogen (secondary N) is 2. The van der Waals surface area contributed by atoms with Gasteiger partial charge in [-0.25, -0.2) is 4.98 Å². The number of imidazole rings is 1. The summed E-state index contributed by atoms with van der Waals surface area (Å²) in [5.74, 6) is 1.70. The van der Waals surface area contributed by atoms with Crippen LogP contribution in [0.4, 0.5) is 0 Å². The van der Waals surface area contributed by atoms with Crippen LogP contribution in [0.25, 0.3) is 0 Å². The highest BCUT2D eigenvalue weighted by Gasteiger charge is 2.26. The van der Waals surface area contributed by atoms with Gasteiger partial charge in [0.2, 0.25) is 0 Å². The molecule has 1 aromatic heterocycles. The van der Waals surface area contributed by atoms with Crippen molar-refractivity contribution in [2.45, 2.75) is 25.8 Å². The average Bonchev–Trinajstić information content (AvgIpc) is 2.80. The molecule has 0 bridgehead atoms. The summed E-state index contributed by atoms with van der Waals surface area (Å²) in [5, 5.41) is 3.51. The topological polar surface area (TPSA) is 49.9 Å². The van der Waals surface area contributed by atoms with Gasteiger partial charge in [-0.2, -0.15) is 0 Å². The van der Waals surface area contributed by atoms with E-state index < -0.39 is 0 Å². The summed E-state index contributed by atoms with van der Waals surface area (Å²) >= 11 is 0. The van der Waals surface area contributed by atoms with Gasteiger partial charge in [-0.15, -0.1) is 0 Å². The minimum absolute atomic E-state index is 0.355. The maximum Gasteiger partial charge on any atom is 0.123 e. The summed E-state index contributed by atoms with van der Waals surface area (Å²) in [6, 6.07) is 0.355. The van der Waals surface area contributed by atoms with E-state index >= 15 is 0 Å². The largest absolute Gasteiger partial charge is 0.381 e. The van der Waals surface area contributed by atoms with E-state index in [0.717, 1.165) is 38.4 Å². The van der Waals surface area contributed by atoms with Gasteiger partial charge in [0.15, 0.2) is 0 Å². The standard InChI is InChI=1S/C11H19N3O/c1-2-12-10(11-13-5-6-14-11)9-3-7-15-8-4-9/h5-6,9-10,12H,2-4,7-8H2,1H3,(H,13,14). The minimum atomic E-state index is 0.355. The van der Waals surface area contributed by atoms with Crippen LogP contribution in [-0.4, -0.2) is 29.7 Å². The molecule has 2 rings (SSSR count). The summed E-state index contributed by atoms with van der Waals surface area (Å²) in [5.41, 5.74) is 0. The summed E-state index contributed by atoms with van der Waals surface area (Å²) in [4.78, 5) is 7.56. The Bertz CT molecular complexity index is 267. The molecule has 4 heteroatoms. The first-order chi connectivity index (χ1) is 7.42. The smallest absolute Gasteiger partial charge is 0.123 e. The molecule has 2 heterocycles. The predicted octanol–water partition coefficient (Wildman–Crippen LogP) is 1.49. The number of aromatic nitrogens is 2. The number of ether oxygens (including phenoxy) is 1. The summed E-state index contributed by atoms with van der Waals surface area (Å²) in [6.45, 7) is 4.87. The van der Waals surface area contributed by atoms with Crippen LogP contribution in [0.1, 0.15) is 31.6 Å². The van der Waals surface area contributed by atoms with Crippen LogP contribution in [0.15, 0.2) is 12.4 Å². The van der Waals surface area contributed by atoms with Gasteiger partial charge >= 0.3 is 0 Å². The third kappa shape index (κ3) is 2.58. The molecule has 0 spiro atoms. The highest BCUT2D eigenvalue weighted by Crippen LogP contribution is 2.27.